The standard InChI is InChI=1S/C20H26O5/c1-10(21)24-17-16-15-12(4-3-7-19(15,2)18(23)25-16)13-6-5-11-8-20(13,17)9-14(11)22/h11-13,15-17H,3-9H2,1-2H3/t11-,12-,13+,15-,16+,17+,19+,20-/m0/s1. The minimum Gasteiger partial charge on any atom is -0.458 e. The summed E-state index contributed by atoms with van der Waals surface area (Å²) in [6, 6.07) is 0. The van der Waals surface area contributed by atoms with E-state index in [9.17, 15) is 14.4 Å². The third-order valence-electron chi connectivity index (χ3n) is 8.32. The second-order valence-electron chi connectivity index (χ2n) is 9.36. The van der Waals surface area contributed by atoms with Crippen LogP contribution in [0.2, 0.25) is 0 Å². The maximum Gasteiger partial charge on any atom is 0.312 e. The zero-order valence-corrected chi connectivity index (χ0v) is 15.0. The Morgan fingerprint density at radius 3 is 2.80 bits per heavy atom. The summed E-state index contributed by atoms with van der Waals surface area (Å²) >= 11 is 0. The van der Waals surface area contributed by atoms with Crippen molar-refractivity contribution in [2.45, 2.75) is 71.0 Å². The lowest BCUT2D eigenvalue weighted by atomic mass is 9.46. The third-order valence-corrected chi connectivity index (χ3v) is 8.32. The van der Waals surface area contributed by atoms with E-state index in [0.29, 0.717) is 24.0 Å². The van der Waals surface area contributed by atoms with Crippen LogP contribution in [0, 0.1) is 34.5 Å². The summed E-state index contributed by atoms with van der Waals surface area (Å²) < 4.78 is 11.7. The maximum atomic E-state index is 12.7. The number of carbonyl (C=O) groups is 3. The number of ether oxygens (including phenoxy) is 2. The number of carbonyl (C=O) groups excluding carboxylic acids is 3. The summed E-state index contributed by atoms with van der Waals surface area (Å²) in [7, 11) is 0. The highest BCUT2D eigenvalue weighted by atomic mass is 16.6. The Hall–Kier alpha value is -1.39. The van der Waals surface area contributed by atoms with Crippen molar-refractivity contribution in [1.29, 1.82) is 0 Å². The number of ketones is 1. The van der Waals surface area contributed by atoms with Crippen LogP contribution in [0.3, 0.4) is 0 Å². The van der Waals surface area contributed by atoms with Gasteiger partial charge in [0.15, 0.2) is 0 Å². The summed E-state index contributed by atoms with van der Waals surface area (Å²) in [6.45, 7) is 3.46. The maximum absolute atomic E-state index is 12.7. The van der Waals surface area contributed by atoms with Crippen molar-refractivity contribution in [3.63, 3.8) is 0 Å². The highest BCUT2D eigenvalue weighted by Gasteiger charge is 2.73. The second-order valence-corrected chi connectivity index (χ2v) is 9.36. The van der Waals surface area contributed by atoms with Gasteiger partial charge in [0.1, 0.15) is 18.0 Å². The van der Waals surface area contributed by atoms with Crippen LogP contribution in [0.15, 0.2) is 0 Å². The topological polar surface area (TPSA) is 69.7 Å². The summed E-state index contributed by atoms with van der Waals surface area (Å²) in [6.07, 6.45) is 5.47. The zero-order valence-electron chi connectivity index (χ0n) is 15.0. The molecule has 5 fully saturated rings. The number of fused-ring (bicyclic) bond motifs is 2. The van der Waals surface area contributed by atoms with Crippen LogP contribution in [0.1, 0.15) is 58.8 Å². The van der Waals surface area contributed by atoms with Crippen LogP contribution < -0.4 is 0 Å². The summed E-state index contributed by atoms with van der Waals surface area (Å²) in [5.74, 6) is 0.877. The normalized spacial score (nSPS) is 53.0. The van der Waals surface area contributed by atoms with Gasteiger partial charge in [0.25, 0.3) is 0 Å². The molecule has 0 N–H and O–H groups in total. The third kappa shape index (κ3) is 1.82. The molecule has 5 rings (SSSR count). The van der Waals surface area contributed by atoms with Gasteiger partial charge in [-0.3, -0.25) is 14.4 Å². The monoisotopic (exact) mass is 346 g/mol. The van der Waals surface area contributed by atoms with E-state index in [1.165, 1.54) is 6.92 Å². The first-order valence-electron chi connectivity index (χ1n) is 9.78. The first-order valence-corrected chi connectivity index (χ1v) is 9.78. The first-order chi connectivity index (χ1) is 11.9. The van der Waals surface area contributed by atoms with Crippen molar-refractivity contribution >= 4 is 17.7 Å². The molecule has 0 unspecified atom stereocenters. The molecule has 8 atom stereocenters. The van der Waals surface area contributed by atoms with Gasteiger partial charge in [-0.05, 0) is 50.9 Å². The minimum absolute atomic E-state index is 0.109. The SMILES string of the molecule is CC(=O)O[C@@H]1[C@@H]2OC(=O)[C@]3(C)CCC[C@H]([C@@H]23)[C@H]2CC[C@H]3C[C@]21CC3=O. The molecule has 0 aromatic heterocycles. The Balaban J connectivity index is 1.65. The highest BCUT2D eigenvalue weighted by molar-refractivity contribution is 5.85. The van der Waals surface area contributed by atoms with E-state index in [2.05, 4.69) is 0 Å². The predicted molar refractivity (Wildman–Crippen MR) is 87.3 cm³/mol. The Bertz CT molecular complexity index is 671. The Labute approximate surface area is 147 Å². The highest BCUT2D eigenvalue weighted by Crippen LogP contribution is 2.69. The van der Waals surface area contributed by atoms with Gasteiger partial charge in [0.2, 0.25) is 0 Å². The van der Waals surface area contributed by atoms with Gasteiger partial charge >= 0.3 is 11.9 Å². The molecule has 1 aliphatic heterocycles. The average molecular weight is 346 g/mol. The molecule has 136 valence electrons. The van der Waals surface area contributed by atoms with Crippen molar-refractivity contribution in [2.75, 3.05) is 0 Å². The molecule has 5 heteroatoms. The Kier molecular flexibility index (Phi) is 3.08. The van der Waals surface area contributed by atoms with Crippen molar-refractivity contribution < 1.29 is 23.9 Å². The molecule has 5 nitrogen and oxygen atoms in total. The van der Waals surface area contributed by atoms with Crippen molar-refractivity contribution in [1.82, 2.24) is 0 Å². The first kappa shape index (κ1) is 15.8. The van der Waals surface area contributed by atoms with Gasteiger partial charge in [-0.2, -0.15) is 0 Å². The molecule has 0 aromatic carbocycles. The average Bonchev–Trinajstić information content (AvgIpc) is 2.96. The van der Waals surface area contributed by atoms with Gasteiger partial charge in [0.05, 0.1) is 5.41 Å². The van der Waals surface area contributed by atoms with Crippen LogP contribution in [-0.4, -0.2) is 29.9 Å². The van der Waals surface area contributed by atoms with Gasteiger partial charge in [-0.15, -0.1) is 0 Å². The van der Waals surface area contributed by atoms with E-state index in [1.807, 2.05) is 6.92 Å². The fourth-order valence-electron chi connectivity index (χ4n) is 7.49. The molecule has 2 bridgehead atoms. The summed E-state index contributed by atoms with van der Waals surface area (Å²) in [5, 5.41) is 0. The van der Waals surface area contributed by atoms with E-state index in [-0.39, 0.29) is 35.3 Å². The molecule has 0 aromatic rings. The molecule has 0 amide bonds. The van der Waals surface area contributed by atoms with Gasteiger partial charge in [0, 0.05) is 30.6 Å². The van der Waals surface area contributed by atoms with Gasteiger partial charge < -0.3 is 9.47 Å². The molecule has 1 saturated heterocycles. The zero-order chi connectivity index (χ0) is 17.6. The smallest absolute Gasteiger partial charge is 0.312 e. The number of esters is 2. The van der Waals surface area contributed by atoms with Crippen LogP contribution in [0.4, 0.5) is 0 Å². The number of hydrogen-bond donors (Lipinski definition) is 0. The molecule has 1 heterocycles. The largest absolute Gasteiger partial charge is 0.458 e. The molecular weight excluding hydrogens is 320 g/mol. The van der Waals surface area contributed by atoms with Crippen LogP contribution >= 0.6 is 0 Å². The fraction of sp³-hybridized carbons (Fsp3) is 0.850. The molecule has 1 spiro atoms. The summed E-state index contributed by atoms with van der Waals surface area (Å²) in [4.78, 5) is 37.2. The van der Waals surface area contributed by atoms with Crippen LogP contribution in [-0.2, 0) is 23.9 Å². The molecule has 25 heavy (non-hydrogen) atoms. The van der Waals surface area contributed by atoms with Gasteiger partial charge in [-0.1, -0.05) is 6.42 Å². The van der Waals surface area contributed by atoms with Crippen molar-refractivity contribution in [2.24, 2.45) is 34.5 Å². The molecular formula is C20H26O5. The molecule has 0 radical (unpaired) electrons. The molecule has 4 aliphatic carbocycles. The lowest BCUT2D eigenvalue weighted by molar-refractivity contribution is -0.208. The van der Waals surface area contributed by atoms with E-state index >= 15 is 0 Å². The van der Waals surface area contributed by atoms with Gasteiger partial charge in [-0.25, -0.2) is 0 Å². The van der Waals surface area contributed by atoms with E-state index in [1.54, 1.807) is 0 Å². The summed E-state index contributed by atoms with van der Waals surface area (Å²) in [5.41, 5.74) is -0.757. The van der Waals surface area contributed by atoms with Crippen molar-refractivity contribution in [3.8, 4) is 0 Å². The number of rotatable bonds is 1. The van der Waals surface area contributed by atoms with E-state index in [0.717, 1.165) is 38.5 Å². The van der Waals surface area contributed by atoms with Crippen LogP contribution in [0.25, 0.3) is 0 Å². The number of Topliss-reactive ketones (excluding diaryl/α,β-unsaturated/α-hetero) is 1. The molecule has 4 saturated carbocycles. The molecule has 5 aliphatic rings. The predicted octanol–water partition coefficient (Wildman–Crippen LogP) is 2.66. The Morgan fingerprint density at radius 2 is 2.04 bits per heavy atom. The Morgan fingerprint density at radius 1 is 1.24 bits per heavy atom. The van der Waals surface area contributed by atoms with Crippen molar-refractivity contribution in [3.05, 3.63) is 0 Å². The minimum atomic E-state index is -0.451. The van der Waals surface area contributed by atoms with Crippen LogP contribution in [0.5, 0.6) is 0 Å². The lowest BCUT2D eigenvalue weighted by Crippen LogP contribution is -2.62. The fourth-order valence-corrected chi connectivity index (χ4v) is 7.49. The van der Waals surface area contributed by atoms with E-state index in [4.69, 9.17) is 9.47 Å². The number of hydrogen-bond acceptors (Lipinski definition) is 5. The quantitative estimate of drug-likeness (QED) is 0.683. The second kappa shape index (κ2) is 4.86. The lowest BCUT2D eigenvalue weighted by Gasteiger charge is -2.58. The van der Waals surface area contributed by atoms with E-state index < -0.39 is 11.5 Å².